The van der Waals surface area contributed by atoms with Crippen molar-refractivity contribution >= 4 is 23.2 Å². The van der Waals surface area contributed by atoms with E-state index in [0.29, 0.717) is 5.56 Å². The molecule has 0 heterocycles. The van der Waals surface area contributed by atoms with E-state index in [1.54, 1.807) is 30.3 Å². The molecule has 1 unspecified atom stereocenters. The fourth-order valence-electron chi connectivity index (χ4n) is 1.74. The van der Waals surface area contributed by atoms with Gasteiger partial charge in [0.15, 0.2) is 5.92 Å². The van der Waals surface area contributed by atoms with Crippen molar-refractivity contribution in [1.29, 1.82) is 5.26 Å². The van der Waals surface area contributed by atoms with Gasteiger partial charge in [0.25, 0.3) is 0 Å². The summed E-state index contributed by atoms with van der Waals surface area (Å²) in [6.45, 7) is 0. The Morgan fingerprint density at radius 2 is 1.90 bits per heavy atom. The summed E-state index contributed by atoms with van der Waals surface area (Å²) in [5.74, 6) is -2.28. The molecule has 0 aromatic heterocycles. The minimum absolute atomic E-state index is 0.0862. The van der Waals surface area contributed by atoms with E-state index in [9.17, 15) is 9.18 Å². The van der Waals surface area contributed by atoms with Gasteiger partial charge in [0.2, 0.25) is 5.91 Å². The van der Waals surface area contributed by atoms with Gasteiger partial charge in [-0.05, 0) is 17.7 Å². The largest absolute Gasteiger partial charge is 0.321 e. The van der Waals surface area contributed by atoms with Gasteiger partial charge in [0.05, 0.1) is 16.8 Å². The first-order valence-corrected chi connectivity index (χ1v) is 6.20. The minimum atomic E-state index is -1.02. The summed E-state index contributed by atoms with van der Waals surface area (Å²) >= 11 is 5.83. The van der Waals surface area contributed by atoms with Crippen molar-refractivity contribution in [1.82, 2.24) is 0 Å². The van der Waals surface area contributed by atoms with Crippen molar-refractivity contribution in [3.8, 4) is 6.07 Å². The number of anilines is 1. The molecule has 0 radical (unpaired) electrons. The molecule has 1 N–H and O–H groups in total. The molecule has 0 spiro atoms. The number of halogens is 2. The number of nitrogens with one attached hydrogen (secondary N) is 1. The van der Waals surface area contributed by atoms with Crippen molar-refractivity contribution < 1.29 is 9.18 Å². The lowest BCUT2D eigenvalue weighted by Crippen LogP contribution is -2.20. The molecule has 0 fully saturated rings. The monoisotopic (exact) mass is 288 g/mol. The van der Waals surface area contributed by atoms with E-state index in [1.807, 2.05) is 6.07 Å². The fourth-order valence-corrected chi connectivity index (χ4v) is 1.95. The normalized spacial score (nSPS) is 11.4. The van der Waals surface area contributed by atoms with Crippen LogP contribution < -0.4 is 5.32 Å². The van der Waals surface area contributed by atoms with Gasteiger partial charge in [-0.3, -0.25) is 4.79 Å². The molecule has 0 saturated heterocycles. The van der Waals surface area contributed by atoms with Gasteiger partial charge in [-0.1, -0.05) is 48.0 Å². The third-order valence-corrected chi connectivity index (χ3v) is 3.05. The standard InChI is InChI=1S/C15H10ClFN2O/c16-12-7-4-8-13(17)14(12)19-15(20)11(9-18)10-5-2-1-3-6-10/h1-8,11H,(H,19,20). The highest BCUT2D eigenvalue weighted by Crippen LogP contribution is 2.26. The molecule has 20 heavy (non-hydrogen) atoms. The van der Waals surface area contributed by atoms with Gasteiger partial charge >= 0.3 is 0 Å². The van der Waals surface area contributed by atoms with Crippen LogP contribution in [0.15, 0.2) is 48.5 Å². The second kappa shape index (κ2) is 6.18. The number of amides is 1. The van der Waals surface area contributed by atoms with E-state index in [1.165, 1.54) is 18.2 Å². The third kappa shape index (κ3) is 2.95. The average Bonchev–Trinajstić information content (AvgIpc) is 2.45. The first-order chi connectivity index (χ1) is 9.63. The molecule has 0 bridgehead atoms. The molecule has 2 rings (SSSR count). The lowest BCUT2D eigenvalue weighted by atomic mass is 10.00. The zero-order valence-electron chi connectivity index (χ0n) is 10.3. The van der Waals surface area contributed by atoms with Gasteiger partial charge in [0.1, 0.15) is 5.82 Å². The van der Waals surface area contributed by atoms with E-state index >= 15 is 0 Å². The molecule has 0 aliphatic heterocycles. The first-order valence-electron chi connectivity index (χ1n) is 5.83. The van der Waals surface area contributed by atoms with Crippen molar-refractivity contribution in [2.75, 3.05) is 5.32 Å². The Morgan fingerprint density at radius 1 is 1.20 bits per heavy atom. The quantitative estimate of drug-likeness (QED) is 0.935. The number of hydrogen-bond donors (Lipinski definition) is 1. The molecule has 5 heteroatoms. The average molecular weight is 289 g/mol. The van der Waals surface area contributed by atoms with Crippen LogP contribution in [-0.4, -0.2) is 5.91 Å². The van der Waals surface area contributed by atoms with Gasteiger partial charge in [-0.2, -0.15) is 5.26 Å². The molecule has 0 aliphatic rings. The second-order valence-corrected chi connectivity index (χ2v) is 4.47. The van der Waals surface area contributed by atoms with Crippen LogP contribution in [0.25, 0.3) is 0 Å². The number of carbonyl (C=O) groups is 1. The Balaban J connectivity index is 2.26. The molecule has 100 valence electrons. The molecule has 1 amide bonds. The number of carbonyl (C=O) groups excluding carboxylic acids is 1. The molecule has 0 aliphatic carbocycles. The number of nitriles is 1. The van der Waals surface area contributed by atoms with Crippen LogP contribution in [0.4, 0.5) is 10.1 Å². The van der Waals surface area contributed by atoms with Crippen molar-refractivity contribution in [2.24, 2.45) is 0 Å². The van der Waals surface area contributed by atoms with Crippen LogP contribution in [0.1, 0.15) is 11.5 Å². The highest BCUT2D eigenvalue weighted by Gasteiger charge is 2.21. The number of para-hydroxylation sites is 1. The molecule has 1 atom stereocenters. The Bertz CT molecular complexity index is 647. The zero-order valence-corrected chi connectivity index (χ0v) is 11.1. The van der Waals surface area contributed by atoms with Gasteiger partial charge in [-0.15, -0.1) is 0 Å². The Hall–Kier alpha value is -2.38. The van der Waals surface area contributed by atoms with Crippen molar-refractivity contribution in [2.45, 2.75) is 5.92 Å². The minimum Gasteiger partial charge on any atom is -0.321 e. The van der Waals surface area contributed by atoms with Crippen LogP contribution in [0.5, 0.6) is 0 Å². The number of rotatable bonds is 3. The van der Waals surface area contributed by atoms with Gasteiger partial charge < -0.3 is 5.32 Å². The zero-order chi connectivity index (χ0) is 14.5. The summed E-state index contributed by atoms with van der Waals surface area (Å²) in [4.78, 5) is 12.1. The molecule has 3 nitrogen and oxygen atoms in total. The molecule has 0 saturated carbocycles. The molecular weight excluding hydrogens is 279 g/mol. The maximum Gasteiger partial charge on any atom is 0.246 e. The maximum absolute atomic E-state index is 13.6. The Morgan fingerprint density at radius 3 is 2.50 bits per heavy atom. The Labute approximate surface area is 120 Å². The molecular formula is C15H10ClFN2O. The van der Waals surface area contributed by atoms with Crippen LogP contribution >= 0.6 is 11.6 Å². The van der Waals surface area contributed by atoms with Crippen LogP contribution in [0.2, 0.25) is 5.02 Å². The summed E-state index contributed by atoms with van der Waals surface area (Å²) < 4.78 is 13.6. The van der Waals surface area contributed by atoms with E-state index in [0.717, 1.165) is 0 Å². The van der Waals surface area contributed by atoms with E-state index in [4.69, 9.17) is 16.9 Å². The summed E-state index contributed by atoms with van der Waals surface area (Å²) in [7, 11) is 0. The lowest BCUT2D eigenvalue weighted by Gasteiger charge is -2.12. The first kappa shape index (κ1) is 14.0. The van der Waals surface area contributed by atoms with Gasteiger partial charge in [-0.25, -0.2) is 4.39 Å². The Kier molecular flexibility index (Phi) is 4.34. The summed E-state index contributed by atoms with van der Waals surface area (Å²) in [6, 6.07) is 14.5. The van der Waals surface area contributed by atoms with Crippen molar-refractivity contribution in [3.05, 3.63) is 64.9 Å². The predicted octanol–water partition coefficient (Wildman–Crippen LogP) is 3.72. The fraction of sp³-hybridized carbons (Fsp3) is 0.0667. The van der Waals surface area contributed by atoms with E-state index in [2.05, 4.69) is 5.32 Å². The van der Waals surface area contributed by atoms with Crippen LogP contribution in [0, 0.1) is 17.1 Å². The van der Waals surface area contributed by atoms with E-state index < -0.39 is 17.6 Å². The third-order valence-electron chi connectivity index (χ3n) is 2.74. The molecule has 2 aromatic rings. The highest BCUT2D eigenvalue weighted by molar-refractivity contribution is 6.33. The van der Waals surface area contributed by atoms with Crippen LogP contribution in [0.3, 0.4) is 0 Å². The van der Waals surface area contributed by atoms with E-state index in [-0.39, 0.29) is 10.7 Å². The second-order valence-electron chi connectivity index (χ2n) is 4.06. The number of nitrogens with zero attached hydrogens (tertiary/aromatic N) is 1. The highest BCUT2D eigenvalue weighted by atomic mass is 35.5. The van der Waals surface area contributed by atoms with Crippen molar-refractivity contribution in [3.63, 3.8) is 0 Å². The lowest BCUT2D eigenvalue weighted by molar-refractivity contribution is -0.116. The summed E-state index contributed by atoms with van der Waals surface area (Å²) in [6.07, 6.45) is 0. The SMILES string of the molecule is N#CC(C(=O)Nc1c(F)cccc1Cl)c1ccccc1. The van der Waals surface area contributed by atoms with Crippen LogP contribution in [-0.2, 0) is 4.79 Å². The number of benzene rings is 2. The molecule has 2 aromatic carbocycles. The summed E-state index contributed by atoms with van der Waals surface area (Å²) in [5, 5.41) is 11.6. The number of hydrogen-bond acceptors (Lipinski definition) is 2. The topological polar surface area (TPSA) is 52.9 Å². The predicted molar refractivity (Wildman–Crippen MR) is 74.8 cm³/mol. The van der Waals surface area contributed by atoms with Gasteiger partial charge in [0, 0.05) is 0 Å². The summed E-state index contributed by atoms with van der Waals surface area (Å²) in [5.41, 5.74) is 0.426. The maximum atomic E-state index is 13.6. The smallest absolute Gasteiger partial charge is 0.246 e.